The highest BCUT2D eigenvalue weighted by atomic mass is 16.5. The Morgan fingerprint density at radius 2 is 2.00 bits per heavy atom. The molecule has 6 heteroatoms. The van der Waals surface area contributed by atoms with E-state index in [9.17, 15) is 4.79 Å². The topological polar surface area (TPSA) is 77.2 Å². The number of carbonyl (C=O) groups is 1. The molecule has 0 atom stereocenters. The number of para-hydroxylation sites is 1. The van der Waals surface area contributed by atoms with Crippen molar-refractivity contribution in [2.24, 2.45) is 0 Å². The van der Waals surface area contributed by atoms with Gasteiger partial charge in [0, 0.05) is 11.8 Å². The van der Waals surface area contributed by atoms with Crippen molar-refractivity contribution in [3.8, 4) is 17.1 Å². The summed E-state index contributed by atoms with van der Waals surface area (Å²) in [5.41, 5.74) is 1.72. The number of hydrogen-bond donors (Lipinski definition) is 1. The van der Waals surface area contributed by atoms with Crippen molar-refractivity contribution in [3.63, 3.8) is 0 Å². The first kappa shape index (κ1) is 14.8. The van der Waals surface area contributed by atoms with E-state index >= 15 is 0 Å². The third kappa shape index (κ3) is 3.21. The van der Waals surface area contributed by atoms with Crippen LogP contribution in [0.5, 0.6) is 5.75 Å². The van der Waals surface area contributed by atoms with Gasteiger partial charge in [0.2, 0.25) is 0 Å². The molecule has 23 heavy (non-hydrogen) atoms. The quantitative estimate of drug-likeness (QED) is 0.800. The average molecular weight is 309 g/mol. The fourth-order valence-electron chi connectivity index (χ4n) is 2.15. The van der Waals surface area contributed by atoms with Gasteiger partial charge in [0.15, 0.2) is 11.5 Å². The van der Waals surface area contributed by atoms with Gasteiger partial charge < -0.3 is 14.6 Å². The molecule has 1 N–H and O–H groups in total. The summed E-state index contributed by atoms with van der Waals surface area (Å²) in [5, 5.41) is 6.50. The van der Waals surface area contributed by atoms with E-state index in [1.165, 1.54) is 0 Å². The molecule has 0 unspecified atom stereocenters. The van der Waals surface area contributed by atoms with Crippen LogP contribution in [-0.4, -0.2) is 23.2 Å². The first-order chi connectivity index (χ1) is 11.2. The summed E-state index contributed by atoms with van der Waals surface area (Å²) in [7, 11) is 1.58. The molecule has 0 fully saturated rings. The molecule has 0 saturated heterocycles. The van der Waals surface area contributed by atoms with E-state index in [0.717, 1.165) is 11.3 Å². The van der Waals surface area contributed by atoms with Crippen molar-refractivity contribution in [2.75, 3.05) is 12.4 Å². The van der Waals surface area contributed by atoms with Crippen LogP contribution in [0.15, 0.2) is 53.1 Å². The maximum atomic E-state index is 12.2. The Bertz CT molecular complexity index is 842. The lowest BCUT2D eigenvalue weighted by molar-refractivity contribution is 0.101. The van der Waals surface area contributed by atoms with E-state index in [1.807, 2.05) is 43.3 Å². The van der Waals surface area contributed by atoms with Crippen molar-refractivity contribution in [3.05, 3.63) is 59.9 Å². The normalized spacial score (nSPS) is 10.3. The van der Waals surface area contributed by atoms with Crippen LogP contribution in [0.2, 0.25) is 0 Å². The van der Waals surface area contributed by atoms with Gasteiger partial charge in [0.25, 0.3) is 5.91 Å². The van der Waals surface area contributed by atoms with Crippen molar-refractivity contribution < 1.29 is 14.1 Å². The molecular formula is C17H15N3O3. The zero-order valence-electron chi connectivity index (χ0n) is 12.7. The molecule has 2 aromatic heterocycles. The van der Waals surface area contributed by atoms with Crippen molar-refractivity contribution in [1.29, 1.82) is 0 Å². The summed E-state index contributed by atoms with van der Waals surface area (Å²) in [5.74, 6) is 1.20. The largest absolute Gasteiger partial charge is 0.496 e. The molecule has 6 nitrogen and oxygen atoms in total. The van der Waals surface area contributed by atoms with Crippen LogP contribution in [0.3, 0.4) is 0 Å². The van der Waals surface area contributed by atoms with Crippen LogP contribution < -0.4 is 10.1 Å². The van der Waals surface area contributed by atoms with E-state index in [4.69, 9.17) is 9.26 Å². The van der Waals surface area contributed by atoms with Gasteiger partial charge in [-0.15, -0.1) is 0 Å². The molecule has 0 spiro atoms. The van der Waals surface area contributed by atoms with Gasteiger partial charge in [-0.05, 0) is 31.2 Å². The smallest absolute Gasteiger partial charge is 0.279 e. The second-order valence-corrected chi connectivity index (χ2v) is 4.90. The van der Waals surface area contributed by atoms with Gasteiger partial charge >= 0.3 is 0 Å². The summed E-state index contributed by atoms with van der Waals surface area (Å²) >= 11 is 0. The molecule has 3 rings (SSSR count). The Kier molecular flexibility index (Phi) is 4.05. The first-order valence-electron chi connectivity index (χ1n) is 7.02. The second-order valence-electron chi connectivity index (χ2n) is 4.90. The van der Waals surface area contributed by atoms with Crippen LogP contribution in [-0.2, 0) is 0 Å². The van der Waals surface area contributed by atoms with Gasteiger partial charge in [0.05, 0.1) is 12.7 Å². The van der Waals surface area contributed by atoms with Gasteiger partial charge in [0.1, 0.15) is 11.6 Å². The summed E-state index contributed by atoms with van der Waals surface area (Å²) < 4.78 is 10.5. The average Bonchev–Trinajstić information content (AvgIpc) is 3.05. The number of benzene rings is 1. The number of ether oxygens (including phenoxy) is 1. The highest BCUT2D eigenvalue weighted by molar-refractivity contribution is 6.02. The fourth-order valence-corrected chi connectivity index (χ4v) is 2.15. The molecular weight excluding hydrogens is 294 g/mol. The number of aryl methyl sites for hydroxylation is 1. The van der Waals surface area contributed by atoms with Crippen LogP contribution >= 0.6 is 0 Å². The van der Waals surface area contributed by atoms with E-state index in [2.05, 4.69) is 15.5 Å². The van der Waals surface area contributed by atoms with E-state index in [-0.39, 0.29) is 11.6 Å². The Morgan fingerprint density at radius 1 is 1.17 bits per heavy atom. The maximum absolute atomic E-state index is 12.2. The number of nitrogens with one attached hydrogen (secondary N) is 1. The predicted octanol–water partition coefficient (Wildman–Crippen LogP) is 3.31. The molecule has 1 aromatic carbocycles. The SMILES string of the molecule is COc1ccccc1-c1cc(C(=O)Nc2cccc(C)n2)no1. The number of carbonyl (C=O) groups excluding carboxylic acids is 1. The summed E-state index contributed by atoms with van der Waals surface area (Å²) in [4.78, 5) is 16.4. The van der Waals surface area contributed by atoms with Gasteiger partial charge in [-0.1, -0.05) is 23.4 Å². The van der Waals surface area contributed by atoms with Crippen LogP contribution in [0.25, 0.3) is 11.3 Å². The Balaban J connectivity index is 1.83. The highest BCUT2D eigenvalue weighted by Gasteiger charge is 2.16. The number of methoxy groups -OCH3 is 1. The third-order valence-corrected chi connectivity index (χ3v) is 3.25. The minimum Gasteiger partial charge on any atom is -0.496 e. The van der Waals surface area contributed by atoms with Gasteiger partial charge in [-0.2, -0.15) is 0 Å². The summed E-state index contributed by atoms with van der Waals surface area (Å²) in [6.45, 7) is 1.85. The fraction of sp³-hybridized carbons (Fsp3) is 0.118. The van der Waals surface area contributed by atoms with Crippen LogP contribution in [0, 0.1) is 6.92 Å². The van der Waals surface area contributed by atoms with Crippen molar-refractivity contribution in [2.45, 2.75) is 6.92 Å². The number of hydrogen-bond acceptors (Lipinski definition) is 5. The Hall–Kier alpha value is -3.15. The number of anilines is 1. The lowest BCUT2D eigenvalue weighted by atomic mass is 10.1. The van der Waals surface area contributed by atoms with Gasteiger partial charge in [-0.25, -0.2) is 4.98 Å². The molecule has 0 aliphatic carbocycles. The van der Waals surface area contributed by atoms with Crippen LogP contribution in [0.1, 0.15) is 16.2 Å². The van der Waals surface area contributed by atoms with E-state index in [1.54, 1.807) is 19.2 Å². The lowest BCUT2D eigenvalue weighted by Crippen LogP contribution is -2.13. The molecule has 0 bridgehead atoms. The Labute approximate surface area is 133 Å². The minimum absolute atomic E-state index is 0.175. The number of nitrogens with zero attached hydrogens (tertiary/aromatic N) is 2. The molecule has 0 saturated carbocycles. The van der Waals surface area contributed by atoms with Crippen molar-refractivity contribution >= 4 is 11.7 Å². The lowest BCUT2D eigenvalue weighted by Gasteiger charge is -2.03. The van der Waals surface area contributed by atoms with Crippen molar-refractivity contribution in [1.82, 2.24) is 10.1 Å². The zero-order valence-corrected chi connectivity index (χ0v) is 12.7. The second kappa shape index (κ2) is 6.31. The monoisotopic (exact) mass is 309 g/mol. The Morgan fingerprint density at radius 3 is 2.78 bits per heavy atom. The summed E-state index contributed by atoms with van der Waals surface area (Å²) in [6.07, 6.45) is 0. The van der Waals surface area contributed by atoms with E-state index in [0.29, 0.717) is 17.3 Å². The predicted molar refractivity (Wildman–Crippen MR) is 85.4 cm³/mol. The standard InChI is InChI=1S/C17H15N3O3/c1-11-6-5-9-16(18-11)19-17(21)13-10-15(23-20-13)12-7-3-4-8-14(12)22-2/h3-10H,1-2H3,(H,18,19,21). The summed E-state index contributed by atoms with van der Waals surface area (Å²) in [6, 6.07) is 14.3. The molecule has 0 aliphatic rings. The molecule has 0 aliphatic heterocycles. The molecule has 116 valence electrons. The number of rotatable bonds is 4. The number of amides is 1. The zero-order chi connectivity index (χ0) is 16.2. The minimum atomic E-state index is -0.381. The first-order valence-corrected chi connectivity index (χ1v) is 7.02. The van der Waals surface area contributed by atoms with Crippen LogP contribution in [0.4, 0.5) is 5.82 Å². The molecule has 3 aromatic rings. The molecule has 0 radical (unpaired) electrons. The molecule has 1 amide bonds. The molecule has 2 heterocycles. The van der Waals surface area contributed by atoms with E-state index < -0.39 is 0 Å². The number of aromatic nitrogens is 2. The third-order valence-electron chi connectivity index (χ3n) is 3.25. The maximum Gasteiger partial charge on any atom is 0.279 e. The van der Waals surface area contributed by atoms with Gasteiger partial charge in [-0.3, -0.25) is 4.79 Å². The highest BCUT2D eigenvalue weighted by Crippen LogP contribution is 2.30. The number of pyridine rings is 1.